The number of nitrogens with one attached hydrogen (secondary N) is 1. The molecule has 0 spiro atoms. The van der Waals surface area contributed by atoms with Gasteiger partial charge in [-0.3, -0.25) is 9.69 Å². The first-order valence-electron chi connectivity index (χ1n) is 7.62. The molecule has 0 aromatic carbocycles. The Hall–Kier alpha value is -1.33. The van der Waals surface area contributed by atoms with E-state index in [-0.39, 0.29) is 12.5 Å². The molecule has 0 radical (unpaired) electrons. The predicted molar refractivity (Wildman–Crippen MR) is 81.1 cm³/mol. The third-order valence-corrected chi connectivity index (χ3v) is 4.11. The number of amides is 1. The van der Waals surface area contributed by atoms with Gasteiger partial charge in [-0.15, -0.1) is 0 Å². The monoisotopic (exact) mass is 294 g/mol. The molecule has 0 aliphatic carbocycles. The maximum atomic E-state index is 11.4. The lowest BCUT2D eigenvalue weighted by atomic mass is 9.96. The Balaban J connectivity index is 1.71. The number of piperidine rings is 1. The third-order valence-electron chi connectivity index (χ3n) is 4.11. The molecule has 1 saturated heterocycles. The van der Waals surface area contributed by atoms with E-state index in [1.165, 1.54) is 12.7 Å². The van der Waals surface area contributed by atoms with Crippen LogP contribution in [0.15, 0.2) is 10.5 Å². The summed E-state index contributed by atoms with van der Waals surface area (Å²) in [5.74, 6) is 2.57. The van der Waals surface area contributed by atoms with Crippen LogP contribution in [0.25, 0.3) is 0 Å². The summed E-state index contributed by atoms with van der Waals surface area (Å²) in [6.07, 6.45) is 2.26. The molecule has 2 heterocycles. The third kappa shape index (κ3) is 4.86. The highest BCUT2D eigenvalue weighted by Gasteiger charge is 2.20. The topological polar surface area (TPSA) is 54.7 Å². The van der Waals surface area contributed by atoms with E-state index in [9.17, 15) is 4.79 Å². The van der Waals surface area contributed by atoms with E-state index in [2.05, 4.69) is 16.3 Å². The number of hydrogen-bond donors (Lipinski definition) is 1. The number of aryl methyl sites for hydroxylation is 2. The maximum absolute atomic E-state index is 11.4. The molecule has 1 fully saturated rings. The van der Waals surface area contributed by atoms with Crippen molar-refractivity contribution >= 4 is 5.91 Å². The largest absolute Gasteiger partial charge is 0.466 e. The highest BCUT2D eigenvalue weighted by Crippen LogP contribution is 2.21. The second kappa shape index (κ2) is 7.61. The van der Waals surface area contributed by atoms with E-state index in [0.717, 1.165) is 50.5 Å². The molecular formula is C16H26N2O3. The Morgan fingerprint density at radius 3 is 2.71 bits per heavy atom. The molecule has 1 aliphatic rings. The minimum absolute atomic E-state index is 0.0237. The van der Waals surface area contributed by atoms with Crippen molar-refractivity contribution in [2.24, 2.45) is 5.92 Å². The van der Waals surface area contributed by atoms with Crippen LogP contribution >= 0.6 is 0 Å². The van der Waals surface area contributed by atoms with E-state index >= 15 is 0 Å². The highest BCUT2D eigenvalue weighted by molar-refractivity contribution is 5.77. The van der Waals surface area contributed by atoms with Crippen LogP contribution in [-0.2, 0) is 16.1 Å². The smallest absolute Gasteiger partial charge is 0.245 e. The van der Waals surface area contributed by atoms with E-state index in [4.69, 9.17) is 9.15 Å². The lowest BCUT2D eigenvalue weighted by Gasteiger charge is -2.31. The van der Waals surface area contributed by atoms with Crippen molar-refractivity contribution < 1.29 is 13.9 Å². The van der Waals surface area contributed by atoms with Gasteiger partial charge >= 0.3 is 0 Å². The Morgan fingerprint density at radius 2 is 2.14 bits per heavy atom. The van der Waals surface area contributed by atoms with Crippen molar-refractivity contribution in [3.05, 3.63) is 23.2 Å². The molecule has 1 aromatic rings. The Bertz CT molecular complexity index is 462. The Morgan fingerprint density at radius 1 is 1.43 bits per heavy atom. The van der Waals surface area contributed by atoms with Gasteiger partial charge in [0.25, 0.3) is 0 Å². The first-order chi connectivity index (χ1) is 10.1. The quantitative estimate of drug-likeness (QED) is 0.870. The average molecular weight is 294 g/mol. The zero-order valence-electron chi connectivity index (χ0n) is 13.3. The van der Waals surface area contributed by atoms with Gasteiger partial charge in [0.15, 0.2) is 0 Å². The number of furan rings is 1. The van der Waals surface area contributed by atoms with Crippen LogP contribution in [0, 0.1) is 19.8 Å². The van der Waals surface area contributed by atoms with Gasteiger partial charge in [-0.05, 0) is 51.8 Å². The number of rotatable bonds is 6. The van der Waals surface area contributed by atoms with Crippen molar-refractivity contribution in [3.8, 4) is 0 Å². The number of nitrogens with zero attached hydrogens (tertiary/aromatic N) is 1. The molecule has 1 aliphatic heterocycles. The first-order valence-corrected chi connectivity index (χ1v) is 7.62. The van der Waals surface area contributed by atoms with Gasteiger partial charge in [0.1, 0.15) is 18.1 Å². The summed E-state index contributed by atoms with van der Waals surface area (Å²) >= 11 is 0. The van der Waals surface area contributed by atoms with Gasteiger partial charge in [0.2, 0.25) is 5.91 Å². The Labute approximate surface area is 126 Å². The predicted octanol–water partition coefficient (Wildman–Crippen LogP) is 1.87. The number of methoxy groups -OCH3 is 1. The molecule has 0 saturated carbocycles. The van der Waals surface area contributed by atoms with Crippen molar-refractivity contribution in [3.63, 3.8) is 0 Å². The second-order valence-corrected chi connectivity index (χ2v) is 5.90. The number of likely N-dealkylation sites (tertiary alicyclic amines) is 1. The molecule has 0 atom stereocenters. The van der Waals surface area contributed by atoms with Gasteiger partial charge in [0.05, 0.1) is 0 Å². The van der Waals surface area contributed by atoms with Gasteiger partial charge < -0.3 is 14.5 Å². The highest BCUT2D eigenvalue weighted by atomic mass is 16.5. The fourth-order valence-corrected chi connectivity index (χ4v) is 2.87. The summed E-state index contributed by atoms with van der Waals surface area (Å²) in [5.41, 5.74) is 1.29. The summed E-state index contributed by atoms with van der Waals surface area (Å²) < 4.78 is 10.4. The molecule has 1 N–H and O–H groups in total. The summed E-state index contributed by atoms with van der Waals surface area (Å²) in [6.45, 7) is 8.05. The molecule has 1 aromatic heterocycles. The number of carbonyl (C=O) groups is 1. The van der Waals surface area contributed by atoms with Crippen LogP contribution in [0.1, 0.15) is 29.9 Å². The first kappa shape index (κ1) is 16.0. The fraction of sp³-hybridized carbons (Fsp3) is 0.688. The molecular weight excluding hydrogens is 268 g/mol. The van der Waals surface area contributed by atoms with Crippen LogP contribution in [0.2, 0.25) is 0 Å². The molecule has 1 amide bonds. The molecule has 118 valence electrons. The second-order valence-electron chi connectivity index (χ2n) is 5.90. The van der Waals surface area contributed by atoms with Crippen LogP contribution < -0.4 is 5.32 Å². The van der Waals surface area contributed by atoms with E-state index in [1.54, 1.807) is 0 Å². The minimum Gasteiger partial charge on any atom is -0.466 e. The zero-order chi connectivity index (χ0) is 15.2. The number of ether oxygens (including phenoxy) is 1. The number of hydrogen-bond acceptors (Lipinski definition) is 4. The number of carbonyl (C=O) groups excluding carboxylic acids is 1. The molecule has 0 unspecified atom stereocenters. The summed E-state index contributed by atoms with van der Waals surface area (Å²) in [4.78, 5) is 13.8. The van der Waals surface area contributed by atoms with Crippen LogP contribution in [-0.4, -0.2) is 44.2 Å². The normalized spacial score (nSPS) is 17.1. The molecule has 5 heteroatoms. The Kier molecular flexibility index (Phi) is 5.82. The van der Waals surface area contributed by atoms with Crippen LogP contribution in [0.3, 0.4) is 0 Å². The van der Waals surface area contributed by atoms with Gasteiger partial charge in [-0.1, -0.05) is 0 Å². The van der Waals surface area contributed by atoms with Gasteiger partial charge in [-0.25, -0.2) is 0 Å². The summed E-state index contributed by atoms with van der Waals surface area (Å²) in [6, 6.07) is 2.13. The van der Waals surface area contributed by atoms with Gasteiger partial charge in [-0.2, -0.15) is 0 Å². The molecule has 0 bridgehead atoms. The SMILES string of the molecule is COCC(=O)NCC1CCN(Cc2cc(C)oc2C)CC1. The minimum atomic E-state index is -0.0237. The van der Waals surface area contributed by atoms with E-state index in [0.29, 0.717) is 5.92 Å². The lowest BCUT2D eigenvalue weighted by Crippen LogP contribution is -2.39. The summed E-state index contributed by atoms with van der Waals surface area (Å²) in [7, 11) is 1.54. The summed E-state index contributed by atoms with van der Waals surface area (Å²) in [5, 5.41) is 2.93. The fourth-order valence-electron chi connectivity index (χ4n) is 2.87. The maximum Gasteiger partial charge on any atom is 0.245 e. The van der Waals surface area contributed by atoms with E-state index < -0.39 is 0 Å². The van der Waals surface area contributed by atoms with E-state index in [1.807, 2.05) is 13.8 Å². The molecule has 2 rings (SSSR count). The average Bonchev–Trinajstić information content (AvgIpc) is 2.76. The standard InChI is InChI=1S/C16H26N2O3/c1-12-8-15(13(2)21-12)10-18-6-4-14(5-7-18)9-17-16(19)11-20-3/h8,14H,4-7,9-11H2,1-3H3,(H,17,19). The van der Waals surface area contributed by atoms with Gasteiger partial charge in [0, 0.05) is 25.8 Å². The van der Waals surface area contributed by atoms with Crippen molar-refractivity contribution in [1.82, 2.24) is 10.2 Å². The molecule has 5 nitrogen and oxygen atoms in total. The van der Waals surface area contributed by atoms with Crippen LogP contribution in [0.5, 0.6) is 0 Å². The lowest BCUT2D eigenvalue weighted by molar-refractivity contribution is -0.125. The molecule has 21 heavy (non-hydrogen) atoms. The van der Waals surface area contributed by atoms with Crippen molar-refractivity contribution in [2.45, 2.75) is 33.2 Å². The van der Waals surface area contributed by atoms with Crippen LogP contribution in [0.4, 0.5) is 0 Å². The zero-order valence-corrected chi connectivity index (χ0v) is 13.3. The van der Waals surface area contributed by atoms with Crippen molar-refractivity contribution in [2.75, 3.05) is 33.4 Å². The van der Waals surface area contributed by atoms with Crippen molar-refractivity contribution in [1.29, 1.82) is 0 Å².